The maximum atomic E-state index is 3.45. The molecule has 0 spiro atoms. The molecule has 0 saturated carbocycles. The highest BCUT2D eigenvalue weighted by molar-refractivity contribution is 7.99. The molecule has 0 aromatic carbocycles. The van der Waals surface area contributed by atoms with Crippen LogP contribution in [0.3, 0.4) is 0 Å². The smallest absolute Gasteiger partial charge is 0.0194 e. The molecule has 2 aliphatic heterocycles. The fourth-order valence-corrected chi connectivity index (χ4v) is 3.30. The number of hydrogen-bond donors (Lipinski definition) is 1. The lowest BCUT2D eigenvalue weighted by molar-refractivity contribution is 0.227. The van der Waals surface area contributed by atoms with E-state index in [9.17, 15) is 0 Å². The third-order valence-corrected chi connectivity index (χ3v) is 3.94. The largest absolute Gasteiger partial charge is 0.315 e. The number of nitrogens with one attached hydrogen (secondary N) is 1. The van der Waals surface area contributed by atoms with E-state index in [2.05, 4.69) is 22.0 Å². The SMILES string of the molecule is C1CNCCN(C2CCSC2)C1.Cl.Cl. The molecule has 2 aliphatic rings. The summed E-state index contributed by atoms with van der Waals surface area (Å²) in [6.07, 6.45) is 2.76. The van der Waals surface area contributed by atoms with Crippen molar-refractivity contribution in [2.75, 3.05) is 37.7 Å². The molecular formula is C9H20Cl2N2S. The molecule has 0 bridgehead atoms. The Bertz CT molecular complexity index is 135. The van der Waals surface area contributed by atoms with E-state index >= 15 is 0 Å². The van der Waals surface area contributed by atoms with E-state index < -0.39 is 0 Å². The van der Waals surface area contributed by atoms with Gasteiger partial charge in [-0.3, -0.25) is 4.90 Å². The van der Waals surface area contributed by atoms with Crippen LogP contribution in [0.15, 0.2) is 0 Å². The minimum absolute atomic E-state index is 0. The second-order valence-electron chi connectivity index (χ2n) is 3.66. The summed E-state index contributed by atoms with van der Waals surface area (Å²) in [5.41, 5.74) is 0. The van der Waals surface area contributed by atoms with Gasteiger partial charge in [-0.05, 0) is 31.7 Å². The monoisotopic (exact) mass is 258 g/mol. The predicted octanol–water partition coefficient (Wildman–Crippen LogP) is 1.63. The Balaban J connectivity index is 0.000000845. The van der Waals surface area contributed by atoms with Crippen molar-refractivity contribution in [3.8, 4) is 0 Å². The van der Waals surface area contributed by atoms with Gasteiger partial charge in [-0.25, -0.2) is 0 Å². The first-order valence-electron chi connectivity index (χ1n) is 4.99. The van der Waals surface area contributed by atoms with E-state index in [0.717, 1.165) is 6.04 Å². The molecule has 0 radical (unpaired) electrons. The minimum atomic E-state index is 0. The van der Waals surface area contributed by atoms with E-state index in [1.54, 1.807) is 0 Å². The Kier molecular flexibility index (Phi) is 8.54. The number of halogens is 2. The minimum Gasteiger partial charge on any atom is -0.315 e. The lowest BCUT2D eigenvalue weighted by atomic mass is 10.2. The summed E-state index contributed by atoms with van der Waals surface area (Å²) in [6, 6.07) is 0.898. The van der Waals surface area contributed by atoms with Gasteiger partial charge in [0.05, 0.1) is 0 Å². The van der Waals surface area contributed by atoms with E-state index in [1.807, 2.05) is 0 Å². The van der Waals surface area contributed by atoms with Gasteiger partial charge in [0.25, 0.3) is 0 Å². The Hall–Kier alpha value is 0.850. The van der Waals surface area contributed by atoms with Crippen LogP contribution in [0.5, 0.6) is 0 Å². The van der Waals surface area contributed by atoms with Gasteiger partial charge < -0.3 is 5.32 Å². The summed E-state index contributed by atoms with van der Waals surface area (Å²) >= 11 is 2.12. The summed E-state index contributed by atoms with van der Waals surface area (Å²) < 4.78 is 0. The van der Waals surface area contributed by atoms with Crippen molar-refractivity contribution in [1.29, 1.82) is 0 Å². The molecule has 0 aromatic rings. The van der Waals surface area contributed by atoms with Crippen molar-refractivity contribution in [3.63, 3.8) is 0 Å². The molecule has 14 heavy (non-hydrogen) atoms. The summed E-state index contributed by atoms with van der Waals surface area (Å²) in [5.74, 6) is 2.76. The van der Waals surface area contributed by atoms with Gasteiger partial charge in [0, 0.05) is 24.9 Å². The van der Waals surface area contributed by atoms with Crippen LogP contribution in [0.2, 0.25) is 0 Å². The average Bonchev–Trinajstić information content (AvgIpc) is 2.48. The number of hydrogen-bond acceptors (Lipinski definition) is 3. The van der Waals surface area contributed by atoms with Crippen LogP contribution in [-0.2, 0) is 0 Å². The molecule has 0 aromatic heterocycles. The molecule has 1 atom stereocenters. The Labute approximate surface area is 103 Å². The van der Waals surface area contributed by atoms with Crippen LogP contribution in [0.25, 0.3) is 0 Å². The molecule has 0 aliphatic carbocycles. The zero-order valence-corrected chi connectivity index (χ0v) is 10.9. The summed E-state index contributed by atoms with van der Waals surface area (Å²) in [7, 11) is 0. The van der Waals surface area contributed by atoms with E-state index in [4.69, 9.17) is 0 Å². The standard InChI is InChI=1S/C9H18N2S.2ClH/c1-3-10-4-6-11(5-1)9-2-7-12-8-9;;/h9-10H,1-8H2;2*1H. The van der Waals surface area contributed by atoms with Crippen LogP contribution in [0.1, 0.15) is 12.8 Å². The molecule has 2 heterocycles. The normalized spacial score (nSPS) is 28.7. The quantitative estimate of drug-likeness (QED) is 0.770. The van der Waals surface area contributed by atoms with E-state index in [0.29, 0.717) is 0 Å². The predicted molar refractivity (Wildman–Crippen MR) is 69.3 cm³/mol. The van der Waals surface area contributed by atoms with Crippen molar-refractivity contribution < 1.29 is 0 Å². The molecular weight excluding hydrogens is 239 g/mol. The highest BCUT2D eigenvalue weighted by Gasteiger charge is 2.22. The van der Waals surface area contributed by atoms with Gasteiger partial charge in [0.15, 0.2) is 0 Å². The fraction of sp³-hybridized carbons (Fsp3) is 1.00. The summed E-state index contributed by atoms with van der Waals surface area (Å²) in [6.45, 7) is 5.00. The van der Waals surface area contributed by atoms with Crippen molar-refractivity contribution in [3.05, 3.63) is 0 Å². The lowest BCUT2D eigenvalue weighted by Crippen LogP contribution is -2.37. The average molecular weight is 259 g/mol. The second kappa shape index (κ2) is 8.05. The van der Waals surface area contributed by atoms with Crippen molar-refractivity contribution in [2.45, 2.75) is 18.9 Å². The van der Waals surface area contributed by atoms with Crippen LogP contribution in [-0.4, -0.2) is 48.6 Å². The van der Waals surface area contributed by atoms with Gasteiger partial charge in [-0.2, -0.15) is 11.8 Å². The maximum Gasteiger partial charge on any atom is 0.0194 e. The molecule has 1 N–H and O–H groups in total. The Morgan fingerprint density at radius 3 is 2.71 bits per heavy atom. The summed E-state index contributed by atoms with van der Waals surface area (Å²) in [4.78, 5) is 2.68. The molecule has 2 saturated heterocycles. The Morgan fingerprint density at radius 2 is 2.00 bits per heavy atom. The summed E-state index contributed by atoms with van der Waals surface area (Å²) in [5, 5.41) is 3.45. The van der Waals surface area contributed by atoms with Gasteiger partial charge in [0.2, 0.25) is 0 Å². The van der Waals surface area contributed by atoms with Gasteiger partial charge >= 0.3 is 0 Å². The zero-order chi connectivity index (χ0) is 8.23. The number of nitrogens with zero attached hydrogens (tertiary/aromatic N) is 1. The third-order valence-electron chi connectivity index (χ3n) is 2.80. The molecule has 86 valence electrons. The highest BCUT2D eigenvalue weighted by Crippen LogP contribution is 2.22. The second-order valence-corrected chi connectivity index (χ2v) is 4.81. The van der Waals surface area contributed by atoms with Crippen LogP contribution >= 0.6 is 36.6 Å². The molecule has 0 amide bonds. The Morgan fingerprint density at radius 1 is 1.14 bits per heavy atom. The number of rotatable bonds is 1. The first kappa shape index (κ1) is 14.8. The van der Waals surface area contributed by atoms with Crippen molar-refractivity contribution in [1.82, 2.24) is 10.2 Å². The molecule has 2 nitrogen and oxygen atoms in total. The van der Waals surface area contributed by atoms with Crippen molar-refractivity contribution in [2.24, 2.45) is 0 Å². The molecule has 2 fully saturated rings. The highest BCUT2D eigenvalue weighted by atomic mass is 35.5. The van der Waals surface area contributed by atoms with Gasteiger partial charge in [-0.1, -0.05) is 0 Å². The van der Waals surface area contributed by atoms with Gasteiger partial charge in [0.1, 0.15) is 0 Å². The lowest BCUT2D eigenvalue weighted by Gasteiger charge is -2.25. The topological polar surface area (TPSA) is 15.3 Å². The first-order chi connectivity index (χ1) is 5.97. The molecule has 1 unspecified atom stereocenters. The third kappa shape index (κ3) is 4.15. The fourth-order valence-electron chi connectivity index (χ4n) is 2.04. The zero-order valence-electron chi connectivity index (χ0n) is 8.41. The van der Waals surface area contributed by atoms with E-state index in [1.165, 1.54) is 50.5 Å². The van der Waals surface area contributed by atoms with Crippen LogP contribution in [0, 0.1) is 0 Å². The first-order valence-corrected chi connectivity index (χ1v) is 6.15. The van der Waals surface area contributed by atoms with Crippen molar-refractivity contribution >= 4 is 36.6 Å². The molecule has 2 rings (SSSR count). The van der Waals surface area contributed by atoms with E-state index in [-0.39, 0.29) is 24.8 Å². The van der Waals surface area contributed by atoms with Crippen LogP contribution < -0.4 is 5.32 Å². The van der Waals surface area contributed by atoms with Gasteiger partial charge in [-0.15, -0.1) is 24.8 Å². The van der Waals surface area contributed by atoms with Crippen LogP contribution in [0.4, 0.5) is 0 Å². The molecule has 5 heteroatoms. The maximum absolute atomic E-state index is 3.45. The number of thioether (sulfide) groups is 1.